The van der Waals surface area contributed by atoms with Crippen LogP contribution in [0.2, 0.25) is 0 Å². The molecule has 5 heteroatoms. The van der Waals surface area contributed by atoms with Gasteiger partial charge >= 0.3 is 0 Å². The summed E-state index contributed by atoms with van der Waals surface area (Å²) in [6.07, 6.45) is 0. The molecule has 0 unspecified atom stereocenters. The monoisotopic (exact) mass is 670 g/mol. The lowest BCUT2D eigenvalue weighted by atomic mass is 9.95. The average Bonchev–Trinajstić information content (AvgIpc) is 3.21. The highest BCUT2D eigenvalue weighted by atomic mass is 32.1. The Kier molecular flexibility index (Phi) is 7.88. The van der Waals surface area contributed by atoms with Crippen LogP contribution >= 0.6 is 12.6 Å². The number of fused-ring (bicyclic) bond motifs is 3. The second-order valence-corrected chi connectivity index (χ2v) is 12.9. The average molecular weight is 671 g/mol. The molecule has 0 fully saturated rings. The van der Waals surface area contributed by atoms with E-state index in [1.165, 1.54) is 5.39 Å². The Balaban J connectivity index is 1.08. The normalized spacial score (nSPS) is 11.2. The topological polar surface area (TPSA) is 51.6 Å². The fraction of sp³-hybridized carbons (Fsp3) is 0. The number of thiol groups is 1. The molecule has 2 heterocycles. The van der Waals surface area contributed by atoms with Crippen LogP contribution in [0.25, 0.3) is 89.4 Å². The van der Waals surface area contributed by atoms with E-state index >= 15 is 0 Å². The molecule has 0 atom stereocenters. The van der Waals surface area contributed by atoms with E-state index in [0.717, 1.165) is 71.4 Å². The maximum Gasteiger partial charge on any atom is 0.164 e. The van der Waals surface area contributed by atoms with Gasteiger partial charge in [0.15, 0.2) is 17.5 Å². The van der Waals surface area contributed by atoms with Crippen LogP contribution in [0.4, 0.5) is 0 Å². The van der Waals surface area contributed by atoms with E-state index in [1.54, 1.807) is 0 Å². The van der Waals surface area contributed by atoms with Crippen molar-refractivity contribution in [3.63, 3.8) is 0 Å². The van der Waals surface area contributed by atoms with Crippen molar-refractivity contribution >= 4 is 34.3 Å². The second-order valence-electron chi connectivity index (χ2n) is 12.4. The standard InChI is InChI=1S/C46H30N4S/c51-42-18-10-9-17-38(42)40-29-41(47-43-37-16-8-7-11-32(37)27-28-39(40)43)33-23-19-30(20-24-33)31-21-25-36(26-22-31)46-49-44(34-12-3-1-4-13-34)48-45(50-46)35-14-5-2-6-15-35/h1-29,51H. The third-order valence-electron chi connectivity index (χ3n) is 9.25. The summed E-state index contributed by atoms with van der Waals surface area (Å²) in [5, 5.41) is 3.42. The maximum atomic E-state index is 5.25. The summed E-state index contributed by atoms with van der Waals surface area (Å²) in [7, 11) is 0. The SMILES string of the molecule is Sc1ccccc1-c1cc(-c2ccc(-c3ccc(-c4nc(-c5ccccc5)nc(-c5ccccc5)n4)cc3)cc2)nc2c1ccc1ccccc12. The molecule has 9 rings (SSSR count). The summed E-state index contributed by atoms with van der Waals surface area (Å²) in [5.74, 6) is 1.93. The molecule has 2 aromatic heterocycles. The van der Waals surface area contributed by atoms with Crippen LogP contribution in [0, 0.1) is 0 Å². The molecule has 0 saturated carbocycles. The Labute approximate surface area is 301 Å². The van der Waals surface area contributed by atoms with Crippen LogP contribution in [-0.2, 0) is 0 Å². The molecular formula is C46H30N4S. The molecule has 51 heavy (non-hydrogen) atoms. The Morgan fingerprint density at radius 2 is 0.824 bits per heavy atom. The van der Waals surface area contributed by atoms with Gasteiger partial charge < -0.3 is 0 Å². The minimum absolute atomic E-state index is 0.637. The van der Waals surface area contributed by atoms with Gasteiger partial charge in [0.1, 0.15) is 0 Å². The number of hydrogen-bond acceptors (Lipinski definition) is 5. The summed E-state index contributed by atoms with van der Waals surface area (Å²) in [6.45, 7) is 0. The van der Waals surface area contributed by atoms with Crippen LogP contribution in [0.5, 0.6) is 0 Å². The van der Waals surface area contributed by atoms with Crippen molar-refractivity contribution in [2.45, 2.75) is 4.90 Å². The zero-order valence-corrected chi connectivity index (χ0v) is 28.4. The fourth-order valence-corrected chi connectivity index (χ4v) is 6.90. The summed E-state index contributed by atoms with van der Waals surface area (Å²) in [4.78, 5) is 20.8. The lowest BCUT2D eigenvalue weighted by Crippen LogP contribution is -2.00. The van der Waals surface area contributed by atoms with Gasteiger partial charge in [-0.25, -0.2) is 19.9 Å². The molecule has 7 aromatic carbocycles. The molecule has 0 aliphatic heterocycles. The smallest absolute Gasteiger partial charge is 0.164 e. The molecule has 0 N–H and O–H groups in total. The van der Waals surface area contributed by atoms with Crippen molar-refractivity contribution in [1.82, 2.24) is 19.9 Å². The van der Waals surface area contributed by atoms with E-state index in [4.69, 9.17) is 32.6 Å². The van der Waals surface area contributed by atoms with Crippen LogP contribution in [-0.4, -0.2) is 19.9 Å². The highest BCUT2D eigenvalue weighted by molar-refractivity contribution is 7.80. The number of nitrogens with zero attached hydrogens (tertiary/aromatic N) is 4. The largest absolute Gasteiger partial charge is 0.247 e. The van der Waals surface area contributed by atoms with Gasteiger partial charge in [0.05, 0.1) is 11.2 Å². The van der Waals surface area contributed by atoms with Gasteiger partial charge in [-0.05, 0) is 39.8 Å². The quantitative estimate of drug-likeness (QED) is 0.141. The molecule has 9 aromatic rings. The Bertz CT molecular complexity index is 2620. The van der Waals surface area contributed by atoms with Gasteiger partial charge in [0.25, 0.3) is 0 Å². The van der Waals surface area contributed by atoms with Gasteiger partial charge in [-0.15, -0.1) is 12.6 Å². The first-order valence-electron chi connectivity index (χ1n) is 16.9. The molecule has 4 nitrogen and oxygen atoms in total. The van der Waals surface area contributed by atoms with Crippen molar-refractivity contribution in [3.8, 4) is 67.7 Å². The van der Waals surface area contributed by atoms with Crippen molar-refractivity contribution in [1.29, 1.82) is 0 Å². The van der Waals surface area contributed by atoms with E-state index in [2.05, 4.69) is 103 Å². The molecule has 240 valence electrons. The molecule has 0 spiro atoms. The highest BCUT2D eigenvalue weighted by Gasteiger charge is 2.15. The van der Waals surface area contributed by atoms with Gasteiger partial charge in [-0.3, -0.25) is 0 Å². The van der Waals surface area contributed by atoms with Crippen LogP contribution < -0.4 is 0 Å². The van der Waals surface area contributed by atoms with E-state index in [1.807, 2.05) is 72.8 Å². The number of pyridine rings is 1. The second kappa shape index (κ2) is 13.1. The first-order valence-corrected chi connectivity index (χ1v) is 17.3. The molecule has 0 bridgehead atoms. The summed E-state index contributed by atoms with van der Waals surface area (Å²) >= 11 is 4.83. The predicted molar refractivity (Wildman–Crippen MR) is 213 cm³/mol. The predicted octanol–water partition coefficient (Wildman–Crippen LogP) is 11.9. The van der Waals surface area contributed by atoms with Crippen molar-refractivity contribution in [2.24, 2.45) is 0 Å². The van der Waals surface area contributed by atoms with Crippen LogP contribution in [0.15, 0.2) is 181 Å². The Hall–Kier alpha value is -6.43. The first kappa shape index (κ1) is 30.6. The first-order chi connectivity index (χ1) is 25.2. The van der Waals surface area contributed by atoms with E-state index in [9.17, 15) is 0 Å². The third kappa shape index (κ3) is 5.94. The molecule has 0 amide bonds. The number of aromatic nitrogens is 4. The molecule has 0 radical (unpaired) electrons. The van der Waals surface area contributed by atoms with Gasteiger partial charge in [-0.2, -0.15) is 0 Å². The lowest BCUT2D eigenvalue weighted by Gasteiger charge is -2.14. The van der Waals surface area contributed by atoms with Crippen molar-refractivity contribution in [3.05, 3.63) is 176 Å². The van der Waals surface area contributed by atoms with Crippen molar-refractivity contribution in [2.75, 3.05) is 0 Å². The van der Waals surface area contributed by atoms with Crippen LogP contribution in [0.3, 0.4) is 0 Å². The van der Waals surface area contributed by atoms with E-state index in [0.29, 0.717) is 17.5 Å². The summed E-state index contributed by atoms with van der Waals surface area (Å²) in [5.41, 5.74) is 10.2. The maximum absolute atomic E-state index is 5.25. The van der Waals surface area contributed by atoms with E-state index in [-0.39, 0.29) is 0 Å². The molecule has 0 aliphatic carbocycles. The highest BCUT2D eigenvalue weighted by Crippen LogP contribution is 2.38. The fourth-order valence-electron chi connectivity index (χ4n) is 6.62. The number of rotatable bonds is 6. The molecule has 0 saturated heterocycles. The molecular weight excluding hydrogens is 641 g/mol. The minimum Gasteiger partial charge on any atom is -0.247 e. The zero-order chi connectivity index (χ0) is 34.1. The third-order valence-corrected chi connectivity index (χ3v) is 9.64. The summed E-state index contributed by atoms with van der Waals surface area (Å²) in [6, 6.07) is 60.4. The van der Waals surface area contributed by atoms with Gasteiger partial charge in [-0.1, -0.05) is 164 Å². The Morgan fingerprint density at radius 3 is 1.43 bits per heavy atom. The molecule has 0 aliphatic rings. The lowest BCUT2D eigenvalue weighted by molar-refractivity contribution is 1.07. The van der Waals surface area contributed by atoms with Gasteiger partial charge in [0.2, 0.25) is 0 Å². The minimum atomic E-state index is 0.637. The number of hydrogen-bond donors (Lipinski definition) is 1. The van der Waals surface area contributed by atoms with Crippen molar-refractivity contribution < 1.29 is 0 Å². The number of benzene rings is 7. The van der Waals surface area contributed by atoms with Crippen LogP contribution in [0.1, 0.15) is 0 Å². The summed E-state index contributed by atoms with van der Waals surface area (Å²) < 4.78 is 0. The Morgan fingerprint density at radius 1 is 0.333 bits per heavy atom. The van der Waals surface area contributed by atoms with E-state index < -0.39 is 0 Å². The van der Waals surface area contributed by atoms with Gasteiger partial charge in [0, 0.05) is 37.9 Å². The zero-order valence-electron chi connectivity index (χ0n) is 27.5.